The Bertz CT molecular complexity index is 446. The van der Waals surface area contributed by atoms with Gasteiger partial charge in [0.2, 0.25) is 0 Å². The molecule has 1 aliphatic rings. The Hall–Kier alpha value is -0.930. The fraction of sp³-hybridized carbons (Fsp3) is 0.647. The average Bonchev–Trinajstić information content (AvgIpc) is 2.40. The zero-order chi connectivity index (χ0) is 14.8. The third kappa shape index (κ3) is 3.80. The molecule has 20 heavy (non-hydrogen) atoms. The first kappa shape index (κ1) is 15.5. The van der Waals surface area contributed by atoms with Gasteiger partial charge < -0.3 is 0 Å². The topological polar surface area (TPSA) is 38.0 Å². The number of halogens is 1. The summed E-state index contributed by atoms with van der Waals surface area (Å²) in [4.78, 5) is 0. The van der Waals surface area contributed by atoms with E-state index >= 15 is 0 Å². The Labute approximate surface area is 121 Å². The zero-order valence-corrected chi connectivity index (χ0v) is 12.9. The summed E-state index contributed by atoms with van der Waals surface area (Å²) >= 11 is 0. The highest BCUT2D eigenvalue weighted by Gasteiger charge is 2.31. The summed E-state index contributed by atoms with van der Waals surface area (Å²) in [6, 6.07) is 5.26. The Kier molecular flexibility index (Phi) is 4.82. The monoisotopic (exact) mass is 278 g/mol. The summed E-state index contributed by atoms with van der Waals surface area (Å²) in [5.74, 6) is 6.20. The molecule has 1 unspecified atom stereocenters. The number of rotatable bonds is 4. The predicted octanol–water partition coefficient (Wildman–Crippen LogP) is 3.72. The van der Waals surface area contributed by atoms with Gasteiger partial charge in [-0.25, -0.2) is 4.39 Å². The number of hydrazine groups is 1. The smallest absolute Gasteiger partial charge is 0.123 e. The maximum Gasteiger partial charge on any atom is 0.123 e. The maximum absolute atomic E-state index is 13.4. The van der Waals surface area contributed by atoms with E-state index in [2.05, 4.69) is 19.3 Å². The summed E-state index contributed by atoms with van der Waals surface area (Å²) in [7, 11) is 0. The largest absolute Gasteiger partial charge is 0.271 e. The van der Waals surface area contributed by atoms with Gasteiger partial charge >= 0.3 is 0 Å². The van der Waals surface area contributed by atoms with Gasteiger partial charge in [-0.05, 0) is 73.6 Å². The molecule has 0 spiro atoms. The molecule has 1 aromatic carbocycles. The lowest BCUT2D eigenvalue weighted by Crippen LogP contribution is -2.44. The number of benzene rings is 1. The SMILES string of the molecule is Cc1ccc(F)cc1CC(NN)C1CCC(C)(C)CC1. The number of nitrogens with one attached hydrogen (secondary N) is 1. The molecular formula is C17H27FN2. The van der Waals surface area contributed by atoms with Crippen molar-refractivity contribution in [3.63, 3.8) is 0 Å². The highest BCUT2D eigenvalue weighted by molar-refractivity contribution is 5.27. The molecule has 2 rings (SSSR count). The van der Waals surface area contributed by atoms with Crippen molar-refractivity contribution in [3.8, 4) is 0 Å². The molecular weight excluding hydrogens is 251 g/mol. The molecule has 0 saturated heterocycles. The van der Waals surface area contributed by atoms with Crippen molar-refractivity contribution in [3.05, 3.63) is 35.1 Å². The van der Waals surface area contributed by atoms with Crippen LogP contribution in [0.3, 0.4) is 0 Å². The third-order valence-corrected chi connectivity index (χ3v) is 4.92. The van der Waals surface area contributed by atoms with Crippen LogP contribution in [-0.2, 0) is 6.42 Å². The lowest BCUT2D eigenvalue weighted by atomic mass is 9.70. The minimum Gasteiger partial charge on any atom is -0.271 e. The molecule has 1 aromatic rings. The highest BCUT2D eigenvalue weighted by atomic mass is 19.1. The first-order valence-electron chi connectivity index (χ1n) is 7.62. The molecule has 3 N–H and O–H groups in total. The van der Waals surface area contributed by atoms with Crippen molar-refractivity contribution in [2.75, 3.05) is 0 Å². The van der Waals surface area contributed by atoms with Gasteiger partial charge in [0.25, 0.3) is 0 Å². The van der Waals surface area contributed by atoms with Crippen LogP contribution in [0.15, 0.2) is 18.2 Å². The normalized spacial score (nSPS) is 20.9. The standard InChI is InChI=1S/C17H27FN2/c1-12-4-5-15(18)10-14(12)11-16(20-19)13-6-8-17(2,3)9-7-13/h4-5,10,13,16,20H,6-9,11,19H2,1-3H3. The van der Waals surface area contributed by atoms with Gasteiger partial charge in [-0.15, -0.1) is 0 Å². The minimum absolute atomic E-state index is 0.161. The molecule has 1 fully saturated rings. The van der Waals surface area contributed by atoms with E-state index in [9.17, 15) is 4.39 Å². The summed E-state index contributed by atoms with van der Waals surface area (Å²) in [5, 5.41) is 0. The van der Waals surface area contributed by atoms with Gasteiger partial charge in [-0.2, -0.15) is 0 Å². The van der Waals surface area contributed by atoms with Gasteiger partial charge in [0.15, 0.2) is 0 Å². The molecule has 0 aromatic heterocycles. The van der Waals surface area contributed by atoms with Crippen molar-refractivity contribution < 1.29 is 4.39 Å². The van der Waals surface area contributed by atoms with Crippen molar-refractivity contribution in [2.45, 2.75) is 58.9 Å². The third-order valence-electron chi connectivity index (χ3n) is 4.92. The Morgan fingerprint density at radius 3 is 2.60 bits per heavy atom. The second-order valence-corrected chi connectivity index (χ2v) is 7.05. The lowest BCUT2D eigenvalue weighted by molar-refractivity contribution is 0.161. The molecule has 0 heterocycles. The van der Waals surface area contributed by atoms with E-state index in [-0.39, 0.29) is 11.9 Å². The van der Waals surface area contributed by atoms with Gasteiger partial charge in [-0.3, -0.25) is 11.3 Å². The number of nitrogens with two attached hydrogens (primary N) is 1. The molecule has 0 radical (unpaired) electrons. The second kappa shape index (κ2) is 6.23. The van der Waals surface area contributed by atoms with Gasteiger partial charge in [0.05, 0.1) is 0 Å². The molecule has 2 nitrogen and oxygen atoms in total. The van der Waals surface area contributed by atoms with Crippen LogP contribution < -0.4 is 11.3 Å². The number of hydrogen-bond acceptors (Lipinski definition) is 2. The summed E-state index contributed by atoms with van der Waals surface area (Å²) in [6.45, 7) is 6.71. The minimum atomic E-state index is -0.161. The van der Waals surface area contributed by atoms with Gasteiger partial charge in [-0.1, -0.05) is 19.9 Å². The first-order valence-corrected chi connectivity index (χ1v) is 7.62. The number of hydrogen-bond donors (Lipinski definition) is 2. The van der Waals surface area contributed by atoms with Gasteiger partial charge in [0, 0.05) is 6.04 Å². The summed E-state index contributed by atoms with van der Waals surface area (Å²) in [6.07, 6.45) is 5.72. The zero-order valence-electron chi connectivity index (χ0n) is 12.9. The molecule has 1 saturated carbocycles. The fourth-order valence-corrected chi connectivity index (χ4v) is 3.28. The van der Waals surface area contributed by atoms with Crippen LogP contribution in [0.25, 0.3) is 0 Å². The van der Waals surface area contributed by atoms with Gasteiger partial charge in [0.1, 0.15) is 5.82 Å². The van der Waals surface area contributed by atoms with Crippen LogP contribution in [0.4, 0.5) is 4.39 Å². The van der Waals surface area contributed by atoms with Crippen LogP contribution in [-0.4, -0.2) is 6.04 Å². The molecule has 0 amide bonds. The predicted molar refractivity (Wildman–Crippen MR) is 81.7 cm³/mol. The van der Waals surface area contributed by atoms with E-state index in [1.165, 1.54) is 31.7 Å². The second-order valence-electron chi connectivity index (χ2n) is 7.05. The van der Waals surface area contributed by atoms with Crippen LogP contribution in [0.2, 0.25) is 0 Å². The van der Waals surface area contributed by atoms with Crippen molar-refractivity contribution in [1.82, 2.24) is 5.43 Å². The molecule has 0 aliphatic heterocycles. The summed E-state index contributed by atoms with van der Waals surface area (Å²) < 4.78 is 13.4. The van der Waals surface area contributed by atoms with E-state index in [1.807, 2.05) is 13.0 Å². The maximum atomic E-state index is 13.4. The molecule has 3 heteroatoms. The first-order chi connectivity index (χ1) is 9.41. The molecule has 1 aliphatic carbocycles. The molecule has 1 atom stereocenters. The van der Waals surface area contributed by atoms with Crippen molar-refractivity contribution in [1.29, 1.82) is 0 Å². The molecule has 112 valence electrons. The fourth-order valence-electron chi connectivity index (χ4n) is 3.28. The lowest BCUT2D eigenvalue weighted by Gasteiger charge is -2.38. The number of aryl methyl sites for hydroxylation is 1. The van der Waals surface area contributed by atoms with Crippen LogP contribution in [0.5, 0.6) is 0 Å². The van der Waals surface area contributed by atoms with Crippen LogP contribution >= 0.6 is 0 Å². The summed E-state index contributed by atoms with van der Waals surface area (Å²) in [5.41, 5.74) is 5.64. The van der Waals surface area contributed by atoms with E-state index < -0.39 is 0 Å². The van der Waals surface area contributed by atoms with E-state index in [1.54, 1.807) is 6.07 Å². The van der Waals surface area contributed by atoms with E-state index in [0.29, 0.717) is 11.3 Å². The van der Waals surface area contributed by atoms with Crippen LogP contribution in [0, 0.1) is 24.1 Å². The van der Waals surface area contributed by atoms with Crippen molar-refractivity contribution in [2.24, 2.45) is 17.2 Å². The van der Waals surface area contributed by atoms with E-state index in [0.717, 1.165) is 17.5 Å². The van der Waals surface area contributed by atoms with Crippen LogP contribution in [0.1, 0.15) is 50.7 Å². The van der Waals surface area contributed by atoms with Crippen molar-refractivity contribution >= 4 is 0 Å². The van der Waals surface area contributed by atoms with E-state index in [4.69, 9.17) is 5.84 Å². The average molecular weight is 278 g/mol. The quantitative estimate of drug-likeness (QED) is 0.650. The molecule has 0 bridgehead atoms. The Balaban J connectivity index is 2.04. The Morgan fingerprint density at radius 1 is 1.35 bits per heavy atom. The highest BCUT2D eigenvalue weighted by Crippen LogP contribution is 2.39. The Morgan fingerprint density at radius 2 is 2.00 bits per heavy atom.